The van der Waals surface area contributed by atoms with Crippen LogP contribution >= 0.6 is 0 Å². The van der Waals surface area contributed by atoms with E-state index in [9.17, 15) is 22.8 Å². The van der Waals surface area contributed by atoms with E-state index in [2.05, 4.69) is 10.6 Å². The molecular weight excluding hydrogens is 321 g/mol. The first kappa shape index (κ1) is 18.3. The van der Waals surface area contributed by atoms with Crippen molar-refractivity contribution < 1.29 is 22.8 Å². The maximum atomic E-state index is 13.6. The predicted molar refractivity (Wildman–Crippen MR) is 83.7 cm³/mol. The summed E-state index contributed by atoms with van der Waals surface area (Å²) in [4.78, 5) is 24.1. The first-order chi connectivity index (χ1) is 11.3. The molecule has 0 aromatic heterocycles. The Kier molecular flexibility index (Phi) is 5.85. The minimum absolute atomic E-state index is 0.0180. The quantitative estimate of drug-likeness (QED) is 0.824. The molecule has 24 heavy (non-hydrogen) atoms. The highest BCUT2D eigenvalue weighted by atomic mass is 19.2. The average Bonchev–Trinajstić information content (AvgIpc) is 2.55. The lowest BCUT2D eigenvalue weighted by molar-refractivity contribution is -0.128. The molecule has 1 fully saturated rings. The number of halogens is 3. The van der Waals surface area contributed by atoms with Gasteiger partial charge in [-0.15, -0.1) is 0 Å². The number of rotatable bonds is 4. The van der Waals surface area contributed by atoms with Crippen LogP contribution in [0.2, 0.25) is 0 Å². The van der Waals surface area contributed by atoms with E-state index in [1.54, 1.807) is 0 Å². The third kappa shape index (κ3) is 4.27. The summed E-state index contributed by atoms with van der Waals surface area (Å²) in [5.74, 6) is -5.28. The Morgan fingerprint density at radius 3 is 2.04 bits per heavy atom. The average molecular weight is 342 g/mol. The lowest BCUT2D eigenvalue weighted by Crippen LogP contribution is -2.38. The second-order valence-electron chi connectivity index (χ2n) is 6.42. The van der Waals surface area contributed by atoms with Gasteiger partial charge in [0.2, 0.25) is 11.8 Å². The summed E-state index contributed by atoms with van der Waals surface area (Å²) >= 11 is 0. The zero-order valence-corrected chi connectivity index (χ0v) is 13.7. The largest absolute Gasteiger partial charge is 0.354 e. The van der Waals surface area contributed by atoms with Crippen molar-refractivity contribution >= 4 is 17.5 Å². The van der Waals surface area contributed by atoms with Gasteiger partial charge in [0.05, 0.1) is 5.69 Å². The lowest BCUT2D eigenvalue weighted by Gasteiger charge is -2.27. The van der Waals surface area contributed by atoms with Crippen LogP contribution in [0.1, 0.15) is 39.5 Å². The summed E-state index contributed by atoms with van der Waals surface area (Å²) in [6.45, 7) is 3.76. The molecule has 0 bridgehead atoms. The number of benzene rings is 1. The summed E-state index contributed by atoms with van der Waals surface area (Å²) in [5, 5.41) is 5.15. The highest BCUT2D eigenvalue weighted by Crippen LogP contribution is 2.30. The zero-order valence-electron chi connectivity index (χ0n) is 13.7. The van der Waals surface area contributed by atoms with E-state index in [4.69, 9.17) is 0 Å². The minimum Gasteiger partial charge on any atom is -0.354 e. The van der Waals surface area contributed by atoms with Crippen LogP contribution in [0, 0.1) is 29.3 Å². The van der Waals surface area contributed by atoms with Gasteiger partial charge in [0.1, 0.15) is 0 Å². The van der Waals surface area contributed by atoms with Crippen LogP contribution in [-0.2, 0) is 9.59 Å². The van der Waals surface area contributed by atoms with Gasteiger partial charge >= 0.3 is 0 Å². The maximum Gasteiger partial charge on any atom is 0.227 e. The monoisotopic (exact) mass is 342 g/mol. The van der Waals surface area contributed by atoms with Crippen LogP contribution in [0.3, 0.4) is 0 Å². The van der Waals surface area contributed by atoms with Gasteiger partial charge in [0.25, 0.3) is 0 Å². The van der Waals surface area contributed by atoms with Gasteiger partial charge in [-0.25, -0.2) is 13.2 Å². The Labute approximate surface area is 138 Å². The smallest absolute Gasteiger partial charge is 0.227 e. The lowest BCUT2D eigenvalue weighted by atomic mass is 9.81. The third-order valence-electron chi connectivity index (χ3n) is 4.19. The fourth-order valence-electron chi connectivity index (χ4n) is 2.88. The molecule has 2 amide bonds. The molecule has 1 aliphatic rings. The second-order valence-corrected chi connectivity index (χ2v) is 6.42. The molecule has 7 heteroatoms. The Morgan fingerprint density at radius 1 is 0.958 bits per heavy atom. The molecule has 1 saturated carbocycles. The van der Waals surface area contributed by atoms with Crippen molar-refractivity contribution in [3.8, 4) is 0 Å². The second kappa shape index (κ2) is 7.68. The molecule has 0 unspecified atom stereocenters. The summed E-state index contributed by atoms with van der Waals surface area (Å²) < 4.78 is 39.7. The Bertz CT molecular complexity index is 627. The van der Waals surface area contributed by atoms with E-state index in [0.29, 0.717) is 25.7 Å². The van der Waals surface area contributed by atoms with E-state index < -0.39 is 23.4 Å². The van der Waals surface area contributed by atoms with Gasteiger partial charge < -0.3 is 10.6 Å². The Morgan fingerprint density at radius 2 is 1.50 bits per heavy atom. The van der Waals surface area contributed by atoms with Gasteiger partial charge in [-0.3, -0.25) is 9.59 Å². The molecule has 2 N–H and O–H groups in total. The molecular formula is C17H21F3N2O2. The molecule has 0 atom stereocenters. The molecule has 0 radical (unpaired) electrons. The number of hydrogen-bond donors (Lipinski definition) is 2. The fourth-order valence-corrected chi connectivity index (χ4v) is 2.88. The molecule has 2 rings (SSSR count). The number of amides is 2. The number of hydrogen-bond acceptors (Lipinski definition) is 2. The molecule has 0 spiro atoms. The normalized spacial score (nSPS) is 20.8. The van der Waals surface area contributed by atoms with Gasteiger partial charge in [-0.05, 0) is 51.7 Å². The van der Waals surface area contributed by atoms with Crippen molar-refractivity contribution in [1.29, 1.82) is 0 Å². The van der Waals surface area contributed by atoms with E-state index >= 15 is 0 Å². The molecule has 0 saturated heterocycles. The SMILES string of the molecule is CC(C)NC(=O)C1CCC(C(=O)Nc2ccc(F)c(F)c2F)CC1. The van der Waals surface area contributed by atoms with Gasteiger partial charge in [0, 0.05) is 17.9 Å². The molecule has 132 valence electrons. The van der Waals surface area contributed by atoms with Crippen LogP contribution in [0.15, 0.2) is 12.1 Å². The first-order valence-corrected chi connectivity index (χ1v) is 8.04. The van der Waals surface area contributed by atoms with E-state index in [1.807, 2.05) is 13.8 Å². The Hall–Kier alpha value is -2.05. The van der Waals surface area contributed by atoms with E-state index in [1.165, 1.54) is 0 Å². The predicted octanol–water partition coefficient (Wildman–Crippen LogP) is 3.37. The molecule has 1 aromatic carbocycles. The van der Waals surface area contributed by atoms with Gasteiger partial charge in [-0.1, -0.05) is 0 Å². The standard InChI is InChI=1S/C17H21F3N2O2/c1-9(2)21-16(23)10-3-5-11(6-4-10)17(24)22-13-8-7-12(18)14(19)15(13)20/h7-11H,3-6H2,1-2H3,(H,21,23)(H,22,24). The van der Waals surface area contributed by atoms with Crippen LogP contribution in [0.25, 0.3) is 0 Å². The summed E-state index contributed by atoms with van der Waals surface area (Å²) in [7, 11) is 0. The van der Waals surface area contributed by atoms with Crippen molar-refractivity contribution in [3.63, 3.8) is 0 Å². The van der Waals surface area contributed by atoms with Crippen molar-refractivity contribution in [2.24, 2.45) is 11.8 Å². The number of anilines is 1. The number of carbonyl (C=O) groups is 2. The zero-order chi connectivity index (χ0) is 17.9. The Balaban J connectivity index is 1.92. The number of carbonyl (C=O) groups excluding carboxylic acids is 2. The van der Waals surface area contributed by atoms with Crippen molar-refractivity contribution in [2.45, 2.75) is 45.6 Å². The van der Waals surface area contributed by atoms with Crippen molar-refractivity contribution in [3.05, 3.63) is 29.6 Å². The third-order valence-corrected chi connectivity index (χ3v) is 4.19. The summed E-state index contributed by atoms with van der Waals surface area (Å²) in [5.41, 5.74) is -0.376. The van der Waals surface area contributed by atoms with Crippen LogP contribution in [0.5, 0.6) is 0 Å². The summed E-state index contributed by atoms with van der Waals surface area (Å²) in [6, 6.07) is 1.82. The highest BCUT2D eigenvalue weighted by Gasteiger charge is 2.30. The number of nitrogens with one attached hydrogen (secondary N) is 2. The highest BCUT2D eigenvalue weighted by molar-refractivity contribution is 5.93. The van der Waals surface area contributed by atoms with Crippen LogP contribution in [-0.4, -0.2) is 17.9 Å². The fraction of sp³-hybridized carbons (Fsp3) is 0.529. The van der Waals surface area contributed by atoms with Gasteiger partial charge in [-0.2, -0.15) is 0 Å². The van der Waals surface area contributed by atoms with Crippen molar-refractivity contribution in [2.75, 3.05) is 5.32 Å². The molecule has 1 aromatic rings. The minimum atomic E-state index is -1.61. The van der Waals surface area contributed by atoms with Crippen LogP contribution in [0.4, 0.5) is 18.9 Å². The molecule has 0 aliphatic heterocycles. The van der Waals surface area contributed by atoms with E-state index in [-0.39, 0.29) is 29.5 Å². The van der Waals surface area contributed by atoms with Crippen molar-refractivity contribution in [1.82, 2.24) is 5.32 Å². The first-order valence-electron chi connectivity index (χ1n) is 8.04. The summed E-state index contributed by atoms with van der Waals surface area (Å²) in [6.07, 6.45) is 2.12. The topological polar surface area (TPSA) is 58.2 Å². The maximum absolute atomic E-state index is 13.6. The molecule has 0 heterocycles. The van der Waals surface area contributed by atoms with E-state index in [0.717, 1.165) is 12.1 Å². The molecule has 4 nitrogen and oxygen atoms in total. The van der Waals surface area contributed by atoms with Gasteiger partial charge in [0.15, 0.2) is 17.5 Å². The van der Waals surface area contributed by atoms with Crippen LogP contribution < -0.4 is 10.6 Å². The molecule has 1 aliphatic carbocycles.